The summed E-state index contributed by atoms with van der Waals surface area (Å²) in [6.07, 6.45) is 8.24. The van der Waals surface area contributed by atoms with Gasteiger partial charge in [0, 0.05) is 31.5 Å². The van der Waals surface area contributed by atoms with E-state index in [2.05, 4.69) is 34.4 Å². The highest BCUT2D eigenvalue weighted by Gasteiger charge is 2.26. The number of thiophene rings is 1. The van der Waals surface area contributed by atoms with Crippen molar-refractivity contribution >= 4 is 38.4 Å². The number of methoxy groups -OCH3 is 1. The molecule has 0 aliphatic carbocycles. The minimum atomic E-state index is 0.589. The van der Waals surface area contributed by atoms with Crippen LogP contribution in [0.2, 0.25) is 0 Å². The fourth-order valence-corrected chi connectivity index (χ4v) is 7.15. The van der Waals surface area contributed by atoms with Crippen LogP contribution in [0.5, 0.6) is 0 Å². The average Bonchev–Trinajstić information content (AvgIpc) is 3.44. The highest BCUT2D eigenvalue weighted by Crippen LogP contribution is 2.40. The van der Waals surface area contributed by atoms with Gasteiger partial charge in [-0.2, -0.15) is 0 Å². The van der Waals surface area contributed by atoms with E-state index < -0.39 is 0 Å². The molecule has 0 aromatic carbocycles. The van der Waals surface area contributed by atoms with Crippen LogP contribution in [0.3, 0.4) is 0 Å². The molecule has 5 heterocycles. The number of imidazole rings is 1. The van der Waals surface area contributed by atoms with E-state index in [1.165, 1.54) is 66.1 Å². The van der Waals surface area contributed by atoms with Crippen LogP contribution in [0.25, 0.3) is 21.3 Å². The number of nitrogen functional groups attached to an aromatic ring is 1. The van der Waals surface area contributed by atoms with Gasteiger partial charge in [-0.3, -0.25) is 0 Å². The smallest absolute Gasteiger partial charge is 0.152 e. The summed E-state index contributed by atoms with van der Waals surface area (Å²) in [5.74, 6) is 3.09. The highest BCUT2D eigenvalue weighted by molar-refractivity contribution is 7.20. The Bertz CT molecular complexity index is 1120. The quantitative estimate of drug-likeness (QED) is 0.459. The molecule has 0 spiro atoms. The van der Waals surface area contributed by atoms with Gasteiger partial charge in [-0.1, -0.05) is 13.3 Å². The van der Waals surface area contributed by atoms with E-state index in [4.69, 9.17) is 20.4 Å². The van der Waals surface area contributed by atoms with Gasteiger partial charge in [-0.25, -0.2) is 9.97 Å². The van der Waals surface area contributed by atoms with Crippen molar-refractivity contribution in [2.45, 2.75) is 64.3 Å². The summed E-state index contributed by atoms with van der Waals surface area (Å²) in [4.78, 5) is 16.4. The first-order valence-electron chi connectivity index (χ1n) is 13.5. The first-order chi connectivity index (χ1) is 17.1. The molecule has 2 aliphatic heterocycles. The summed E-state index contributed by atoms with van der Waals surface area (Å²) >= 11 is 1.95. The molecular weight excluding hydrogens is 456 g/mol. The third-order valence-corrected chi connectivity index (χ3v) is 9.40. The monoisotopic (exact) mass is 498 g/mol. The Morgan fingerprint density at radius 3 is 2.60 bits per heavy atom. The largest absolute Gasteiger partial charge is 0.383 e. The van der Waals surface area contributed by atoms with Crippen molar-refractivity contribution in [2.75, 3.05) is 59.2 Å². The molecule has 0 unspecified atom stereocenters. The Hall–Kier alpha value is -1.74. The van der Waals surface area contributed by atoms with Crippen LogP contribution in [0, 0.1) is 5.92 Å². The maximum Gasteiger partial charge on any atom is 0.152 e. The Morgan fingerprint density at radius 1 is 1.11 bits per heavy atom. The molecule has 0 amide bonds. The Balaban J connectivity index is 1.48. The summed E-state index contributed by atoms with van der Waals surface area (Å²) in [7, 11) is 4.02. The molecule has 2 fully saturated rings. The maximum atomic E-state index is 6.53. The number of ether oxygens (including phenoxy) is 1. The van der Waals surface area contributed by atoms with Crippen molar-refractivity contribution in [2.24, 2.45) is 5.92 Å². The summed E-state index contributed by atoms with van der Waals surface area (Å²) in [6, 6.07) is 2.32. The molecule has 5 rings (SSSR count). The zero-order chi connectivity index (χ0) is 24.4. The standard InChI is InChI=1S/C27H42N6OS/c1-4-5-6-23-30-24-25(33(23)18-19-7-13-32(14-8-19)15-16-34-3)26-21(29-27(24)28)17-22(35-26)20-9-11-31(2)12-10-20/h17,19-20H,4-16,18H2,1-3H3,(H2,28,29). The average molecular weight is 499 g/mol. The molecule has 2 N–H and O–H groups in total. The molecule has 2 saturated heterocycles. The minimum Gasteiger partial charge on any atom is -0.383 e. The second kappa shape index (κ2) is 11.1. The Morgan fingerprint density at radius 2 is 1.89 bits per heavy atom. The number of nitrogens with zero attached hydrogens (tertiary/aromatic N) is 5. The fourth-order valence-electron chi connectivity index (χ4n) is 5.83. The molecule has 7 nitrogen and oxygen atoms in total. The van der Waals surface area contributed by atoms with Gasteiger partial charge in [0.15, 0.2) is 5.82 Å². The number of hydrogen-bond acceptors (Lipinski definition) is 7. The molecule has 3 aromatic heterocycles. The van der Waals surface area contributed by atoms with Crippen LogP contribution >= 0.6 is 11.3 Å². The molecule has 0 bridgehead atoms. The van der Waals surface area contributed by atoms with E-state index in [1.54, 1.807) is 7.11 Å². The highest BCUT2D eigenvalue weighted by atomic mass is 32.1. The molecule has 0 atom stereocenters. The lowest BCUT2D eigenvalue weighted by Gasteiger charge is -2.32. The fraction of sp³-hybridized carbons (Fsp3) is 0.704. The first-order valence-corrected chi connectivity index (χ1v) is 14.4. The van der Waals surface area contributed by atoms with Gasteiger partial charge < -0.3 is 24.8 Å². The summed E-state index contributed by atoms with van der Waals surface area (Å²) < 4.78 is 9.11. The molecule has 2 aliphatic rings. The number of nitrogens with two attached hydrogens (primary N) is 1. The predicted octanol–water partition coefficient (Wildman–Crippen LogP) is 4.74. The SMILES string of the molecule is CCCCc1nc2c(N)nc3cc(C4CCN(C)CC4)sc3c2n1CC1CCN(CCOC)CC1. The van der Waals surface area contributed by atoms with E-state index in [1.807, 2.05) is 11.3 Å². The second-order valence-corrected chi connectivity index (χ2v) is 11.7. The van der Waals surface area contributed by atoms with Crippen LogP contribution in [0.15, 0.2) is 6.07 Å². The van der Waals surface area contributed by atoms with Crippen LogP contribution in [-0.4, -0.2) is 77.8 Å². The maximum absolute atomic E-state index is 6.53. The van der Waals surface area contributed by atoms with Gasteiger partial charge in [0.1, 0.15) is 11.3 Å². The zero-order valence-electron chi connectivity index (χ0n) is 21.8. The lowest BCUT2D eigenvalue weighted by atomic mass is 9.95. The normalized spacial score (nSPS) is 19.4. The zero-order valence-corrected chi connectivity index (χ0v) is 22.6. The summed E-state index contributed by atoms with van der Waals surface area (Å²) in [5.41, 5.74) is 9.75. The van der Waals surface area contributed by atoms with Crippen molar-refractivity contribution in [3.8, 4) is 0 Å². The van der Waals surface area contributed by atoms with E-state index in [-0.39, 0.29) is 0 Å². The van der Waals surface area contributed by atoms with Crippen molar-refractivity contribution in [1.82, 2.24) is 24.3 Å². The predicted molar refractivity (Wildman–Crippen MR) is 146 cm³/mol. The number of anilines is 1. The lowest BCUT2D eigenvalue weighted by Crippen LogP contribution is -2.37. The third kappa shape index (κ3) is 5.36. The van der Waals surface area contributed by atoms with E-state index >= 15 is 0 Å². The van der Waals surface area contributed by atoms with Crippen LogP contribution in [0.4, 0.5) is 5.82 Å². The van der Waals surface area contributed by atoms with Gasteiger partial charge in [0.2, 0.25) is 0 Å². The molecule has 3 aromatic rings. The minimum absolute atomic E-state index is 0.589. The summed E-state index contributed by atoms with van der Waals surface area (Å²) in [5, 5.41) is 0. The Kier molecular flexibility index (Phi) is 7.92. The number of hydrogen-bond donors (Lipinski definition) is 1. The van der Waals surface area contributed by atoms with Crippen molar-refractivity contribution < 1.29 is 4.74 Å². The van der Waals surface area contributed by atoms with Crippen LogP contribution in [0.1, 0.15) is 62.1 Å². The number of likely N-dealkylation sites (tertiary alicyclic amines) is 2. The third-order valence-electron chi connectivity index (χ3n) is 8.11. The van der Waals surface area contributed by atoms with Crippen molar-refractivity contribution in [1.29, 1.82) is 0 Å². The van der Waals surface area contributed by atoms with Gasteiger partial charge in [0.05, 0.1) is 22.3 Å². The van der Waals surface area contributed by atoms with Gasteiger partial charge in [-0.15, -0.1) is 11.3 Å². The number of unbranched alkanes of at least 4 members (excludes halogenated alkanes) is 1. The number of rotatable bonds is 9. The molecule has 0 saturated carbocycles. The first kappa shape index (κ1) is 24.9. The van der Waals surface area contributed by atoms with Gasteiger partial charge in [0.25, 0.3) is 0 Å². The van der Waals surface area contributed by atoms with Crippen molar-refractivity contribution in [3.05, 3.63) is 16.8 Å². The van der Waals surface area contributed by atoms with Crippen LogP contribution < -0.4 is 5.73 Å². The topological polar surface area (TPSA) is 72.4 Å². The second-order valence-electron chi connectivity index (χ2n) is 10.7. The number of aryl methyl sites for hydroxylation is 1. The van der Waals surface area contributed by atoms with Gasteiger partial charge >= 0.3 is 0 Å². The number of pyridine rings is 1. The van der Waals surface area contributed by atoms with E-state index in [0.717, 1.165) is 56.7 Å². The number of fused-ring (bicyclic) bond motifs is 3. The van der Waals surface area contributed by atoms with E-state index in [0.29, 0.717) is 17.7 Å². The molecular formula is C27H42N6OS. The molecule has 192 valence electrons. The van der Waals surface area contributed by atoms with Gasteiger partial charge in [-0.05, 0) is 83.2 Å². The van der Waals surface area contributed by atoms with E-state index in [9.17, 15) is 0 Å². The molecule has 35 heavy (non-hydrogen) atoms. The van der Waals surface area contributed by atoms with Crippen molar-refractivity contribution in [3.63, 3.8) is 0 Å². The lowest BCUT2D eigenvalue weighted by molar-refractivity contribution is 0.116. The number of piperidine rings is 2. The molecule has 0 radical (unpaired) electrons. The Labute approximate surface area is 213 Å². The molecule has 8 heteroatoms. The van der Waals surface area contributed by atoms with Crippen LogP contribution in [-0.2, 0) is 17.7 Å². The summed E-state index contributed by atoms with van der Waals surface area (Å²) in [6.45, 7) is 9.81. The number of aromatic nitrogens is 3.